The molecule has 9 heteroatoms. The summed E-state index contributed by atoms with van der Waals surface area (Å²) >= 11 is 0. The Balaban J connectivity index is 2.24. The molecule has 0 aliphatic carbocycles. The Labute approximate surface area is 180 Å². The second-order valence-corrected chi connectivity index (χ2v) is 7.00. The maximum absolute atomic E-state index is 13.3. The van der Waals surface area contributed by atoms with Gasteiger partial charge < -0.3 is 14.4 Å². The van der Waals surface area contributed by atoms with Crippen molar-refractivity contribution in [2.75, 3.05) is 13.2 Å². The van der Waals surface area contributed by atoms with Gasteiger partial charge in [-0.3, -0.25) is 4.79 Å². The van der Waals surface area contributed by atoms with E-state index < -0.39 is 17.8 Å². The molecule has 0 aliphatic rings. The van der Waals surface area contributed by atoms with Gasteiger partial charge in [-0.25, -0.2) is 9.97 Å². The van der Waals surface area contributed by atoms with Crippen LogP contribution in [0.5, 0.6) is 11.6 Å². The fourth-order valence-corrected chi connectivity index (χ4v) is 3.33. The van der Waals surface area contributed by atoms with Crippen LogP contribution in [0.3, 0.4) is 0 Å². The number of carbonyl (C=O) groups excluding carboxylic acids is 1. The summed E-state index contributed by atoms with van der Waals surface area (Å²) in [6.45, 7) is 9.93. The number of carbonyl (C=O) groups is 1. The lowest BCUT2D eigenvalue weighted by Gasteiger charge is -2.34. The quantitative estimate of drug-likeness (QED) is 0.556. The molecule has 2 aromatic heterocycles. The second kappa shape index (κ2) is 10.5. The maximum atomic E-state index is 13.3. The summed E-state index contributed by atoms with van der Waals surface area (Å²) in [6, 6.07) is 5.25. The summed E-state index contributed by atoms with van der Waals surface area (Å²) in [6.07, 6.45) is -3.68. The zero-order chi connectivity index (χ0) is 23.2. The van der Waals surface area contributed by atoms with Gasteiger partial charge in [0.2, 0.25) is 5.88 Å². The van der Waals surface area contributed by atoms with Crippen LogP contribution in [0.15, 0.2) is 30.5 Å². The third kappa shape index (κ3) is 6.08. The molecule has 0 aliphatic heterocycles. The molecule has 170 valence electrons. The fraction of sp³-hybridized carbons (Fsp3) is 0.500. The predicted octanol–water partition coefficient (Wildman–Crippen LogP) is 4.91. The zero-order valence-corrected chi connectivity index (χ0v) is 18.4. The molecule has 0 aromatic carbocycles. The molecule has 0 saturated heterocycles. The van der Waals surface area contributed by atoms with Crippen LogP contribution in [0.1, 0.15) is 55.9 Å². The number of aryl methyl sites for hydroxylation is 1. The Morgan fingerprint density at radius 2 is 1.87 bits per heavy atom. The lowest BCUT2D eigenvalue weighted by molar-refractivity contribution is -0.137. The Kier molecular flexibility index (Phi) is 8.24. The van der Waals surface area contributed by atoms with Crippen LogP contribution < -0.4 is 9.47 Å². The number of hydrogen-bond acceptors (Lipinski definition) is 5. The molecule has 0 saturated carbocycles. The number of likely N-dealkylation sites (N-methyl/N-ethyl adjacent to an activating group) is 1. The molecule has 31 heavy (non-hydrogen) atoms. The van der Waals surface area contributed by atoms with Crippen molar-refractivity contribution in [3.05, 3.63) is 47.4 Å². The van der Waals surface area contributed by atoms with Crippen molar-refractivity contribution in [2.45, 2.75) is 59.4 Å². The summed E-state index contributed by atoms with van der Waals surface area (Å²) in [5.74, 6) is 0.174. The SMILES string of the molecule is CCOc1ccc(C)nc1C(=O)N(CC)C(CC)C(C)Oc1ccc(C(F)(F)F)cn1. The highest BCUT2D eigenvalue weighted by Gasteiger charge is 2.32. The van der Waals surface area contributed by atoms with Gasteiger partial charge in [-0.2, -0.15) is 13.2 Å². The number of nitrogens with zero attached hydrogens (tertiary/aromatic N) is 3. The standard InChI is InChI=1S/C22H28F3N3O3/c1-6-17(15(5)31-19-12-10-16(13-26-19)22(23,24)25)28(7-2)21(29)20-18(30-8-3)11-9-14(4)27-20/h9-13,15,17H,6-8H2,1-5H3. The number of amides is 1. The average Bonchev–Trinajstić information content (AvgIpc) is 2.72. The lowest BCUT2D eigenvalue weighted by atomic mass is 10.1. The monoisotopic (exact) mass is 439 g/mol. The molecular formula is C22H28F3N3O3. The number of halogens is 3. The van der Waals surface area contributed by atoms with E-state index in [1.165, 1.54) is 6.07 Å². The number of alkyl halides is 3. The molecule has 2 aromatic rings. The highest BCUT2D eigenvalue weighted by molar-refractivity contribution is 5.95. The number of aromatic nitrogens is 2. The summed E-state index contributed by atoms with van der Waals surface area (Å²) < 4.78 is 49.6. The molecule has 2 rings (SSSR count). The summed E-state index contributed by atoms with van der Waals surface area (Å²) in [4.78, 5) is 23.1. The van der Waals surface area contributed by atoms with Crippen molar-refractivity contribution in [1.82, 2.24) is 14.9 Å². The van der Waals surface area contributed by atoms with Crippen molar-refractivity contribution in [1.29, 1.82) is 0 Å². The lowest BCUT2D eigenvalue weighted by Crippen LogP contribution is -2.48. The number of hydrogen-bond donors (Lipinski definition) is 0. The van der Waals surface area contributed by atoms with Crippen molar-refractivity contribution < 1.29 is 27.4 Å². The zero-order valence-electron chi connectivity index (χ0n) is 18.4. The molecule has 0 fully saturated rings. The maximum Gasteiger partial charge on any atom is 0.417 e. The predicted molar refractivity (Wildman–Crippen MR) is 110 cm³/mol. The van der Waals surface area contributed by atoms with Crippen LogP contribution in [0, 0.1) is 6.92 Å². The number of ether oxygens (including phenoxy) is 2. The van der Waals surface area contributed by atoms with Gasteiger partial charge in [0, 0.05) is 24.5 Å². The fourth-order valence-electron chi connectivity index (χ4n) is 3.33. The highest BCUT2D eigenvalue weighted by atomic mass is 19.4. The molecule has 6 nitrogen and oxygen atoms in total. The van der Waals surface area contributed by atoms with Gasteiger partial charge >= 0.3 is 6.18 Å². The smallest absolute Gasteiger partial charge is 0.417 e. The van der Waals surface area contributed by atoms with Crippen molar-refractivity contribution in [2.24, 2.45) is 0 Å². The molecule has 2 unspecified atom stereocenters. The van der Waals surface area contributed by atoms with Gasteiger partial charge in [-0.05, 0) is 52.3 Å². The number of rotatable bonds is 9. The van der Waals surface area contributed by atoms with Gasteiger partial charge in [-0.1, -0.05) is 6.92 Å². The molecule has 1 amide bonds. The normalized spacial score (nSPS) is 13.4. The van der Waals surface area contributed by atoms with E-state index in [1.807, 2.05) is 20.8 Å². The Morgan fingerprint density at radius 3 is 2.39 bits per heavy atom. The molecule has 0 bridgehead atoms. The first-order valence-electron chi connectivity index (χ1n) is 10.2. The van der Waals surface area contributed by atoms with E-state index >= 15 is 0 Å². The Hall–Kier alpha value is -2.84. The van der Waals surface area contributed by atoms with Crippen LogP contribution >= 0.6 is 0 Å². The van der Waals surface area contributed by atoms with E-state index in [-0.39, 0.29) is 23.5 Å². The third-order valence-corrected chi connectivity index (χ3v) is 4.83. The molecule has 2 heterocycles. The molecule has 0 spiro atoms. The van der Waals surface area contributed by atoms with Crippen LogP contribution in [0.2, 0.25) is 0 Å². The van der Waals surface area contributed by atoms with Crippen molar-refractivity contribution in [3.8, 4) is 11.6 Å². The topological polar surface area (TPSA) is 64.5 Å². The second-order valence-electron chi connectivity index (χ2n) is 7.00. The van der Waals surface area contributed by atoms with Gasteiger partial charge in [-0.15, -0.1) is 0 Å². The van der Waals surface area contributed by atoms with E-state index in [0.29, 0.717) is 31.0 Å². The Morgan fingerprint density at radius 1 is 1.16 bits per heavy atom. The highest BCUT2D eigenvalue weighted by Crippen LogP contribution is 2.29. The van der Waals surface area contributed by atoms with Crippen LogP contribution in [-0.4, -0.2) is 46.1 Å². The molecule has 0 N–H and O–H groups in total. The van der Waals surface area contributed by atoms with E-state index in [4.69, 9.17) is 9.47 Å². The largest absolute Gasteiger partial charge is 0.491 e. The minimum Gasteiger partial charge on any atom is -0.491 e. The van der Waals surface area contributed by atoms with Crippen molar-refractivity contribution >= 4 is 5.91 Å². The van der Waals surface area contributed by atoms with Crippen molar-refractivity contribution in [3.63, 3.8) is 0 Å². The van der Waals surface area contributed by atoms with E-state index in [1.54, 1.807) is 30.9 Å². The van der Waals surface area contributed by atoms with Gasteiger partial charge in [0.1, 0.15) is 6.10 Å². The first kappa shape index (κ1) is 24.4. The number of pyridine rings is 2. The molecular weight excluding hydrogens is 411 g/mol. The Bertz CT molecular complexity index is 873. The molecule has 0 radical (unpaired) electrons. The summed E-state index contributed by atoms with van der Waals surface area (Å²) in [7, 11) is 0. The van der Waals surface area contributed by atoms with Gasteiger partial charge in [0.15, 0.2) is 11.4 Å². The minimum atomic E-state index is -4.46. The van der Waals surface area contributed by atoms with E-state index in [2.05, 4.69) is 9.97 Å². The minimum absolute atomic E-state index is 0.0612. The third-order valence-electron chi connectivity index (χ3n) is 4.83. The van der Waals surface area contributed by atoms with E-state index in [0.717, 1.165) is 12.3 Å². The summed E-state index contributed by atoms with van der Waals surface area (Å²) in [5.41, 5.74) is 0.0649. The van der Waals surface area contributed by atoms with Crippen LogP contribution in [0.4, 0.5) is 13.2 Å². The van der Waals surface area contributed by atoms with Gasteiger partial charge in [0.25, 0.3) is 5.91 Å². The summed E-state index contributed by atoms with van der Waals surface area (Å²) in [5, 5.41) is 0. The van der Waals surface area contributed by atoms with Crippen LogP contribution in [0.25, 0.3) is 0 Å². The van der Waals surface area contributed by atoms with E-state index in [9.17, 15) is 18.0 Å². The first-order chi connectivity index (χ1) is 14.6. The average molecular weight is 439 g/mol. The van der Waals surface area contributed by atoms with Crippen LogP contribution in [-0.2, 0) is 6.18 Å². The molecule has 2 atom stereocenters. The van der Waals surface area contributed by atoms with Gasteiger partial charge in [0.05, 0.1) is 18.2 Å². The first-order valence-corrected chi connectivity index (χ1v) is 10.2.